The minimum Gasteiger partial charge on any atom is -0.497 e. The van der Waals surface area contributed by atoms with Crippen LogP contribution in [0.3, 0.4) is 0 Å². The van der Waals surface area contributed by atoms with Crippen LogP contribution in [0.5, 0.6) is 5.75 Å². The molecule has 90 valence electrons. The summed E-state index contributed by atoms with van der Waals surface area (Å²) in [5.41, 5.74) is 3.41. The second-order valence-electron chi connectivity index (χ2n) is 4.14. The molecular formula is C15H12BrNO. The molecule has 0 bridgehead atoms. The van der Waals surface area contributed by atoms with Gasteiger partial charge in [-0.15, -0.1) is 0 Å². The highest BCUT2D eigenvalue weighted by atomic mass is 79.9. The summed E-state index contributed by atoms with van der Waals surface area (Å²) < 4.78 is 6.26. The molecule has 18 heavy (non-hydrogen) atoms. The fourth-order valence-electron chi connectivity index (χ4n) is 2.03. The van der Waals surface area contributed by atoms with Gasteiger partial charge in [0.15, 0.2) is 0 Å². The molecule has 0 amide bonds. The van der Waals surface area contributed by atoms with Gasteiger partial charge in [-0.1, -0.05) is 15.9 Å². The maximum absolute atomic E-state index is 5.16. The van der Waals surface area contributed by atoms with E-state index in [1.165, 1.54) is 5.39 Å². The first-order valence-electron chi connectivity index (χ1n) is 5.69. The van der Waals surface area contributed by atoms with Crippen LogP contribution in [0.15, 0.2) is 53.0 Å². The van der Waals surface area contributed by atoms with Crippen molar-refractivity contribution in [3.8, 4) is 17.0 Å². The molecule has 0 aliphatic carbocycles. The SMILES string of the molecule is COc1ccc(-c2cc3cc(Br)ccc3[nH]2)cc1. The highest BCUT2D eigenvalue weighted by molar-refractivity contribution is 9.10. The topological polar surface area (TPSA) is 25.0 Å². The number of H-pyrrole nitrogens is 1. The average Bonchev–Trinajstić information content (AvgIpc) is 2.81. The van der Waals surface area contributed by atoms with Crippen molar-refractivity contribution < 1.29 is 4.74 Å². The van der Waals surface area contributed by atoms with E-state index in [9.17, 15) is 0 Å². The van der Waals surface area contributed by atoms with Gasteiger partial charge < -0.3 is 9.72 Å². The lowest BCUT2D eigenvalue weighted by molar-refractivity contribution is 0.415. The van der Waals surface area contributed by atoms with E-state index in [2.05, 4.69) is 51.2 Å². The number of methoxy groups -OCH3 is 1. The first-order chi connectivity index (χ1) is 8.76. The number of fused-ring (bicyclic) bond motifs is 1. The van der Waals surface area contributed by atoms with Crippen LogP contribution in [0.1, 0.15) is 0 Å². The molecule has 1 aromatic heterocycles. The van der Waals surface area contributed by atoms with Gasteiger partial charge in [-0.25, -0.2) is 0 Å². The van der Waals surface area contributed by atoms with Crippen molar-refractivity contribution in [1.82, 2.24) is 4.98 Å². The molecule has 3 aromatic rings. The van der Waals surface area contributed by atoms with Crippen molar-refractivity contribution in [2.75, 3.05) is 7.11 Å². The first kappa shape index (κ1) is 11.4. The smallest absolute Gasteiger partial charge is 0.118 e. The molecule has 0 unspecified atom stereocenters. The van der Waals surface area contributed by atoms with Gasteiger partial charge in [0.05, 0.1) is 7.11 Å². The summed E-state index contributed by atoms with van der Waals surface area (Å²) in [4.78, 5) is 3.41. The Hall–Kier alpha value is -1.74. The third-order valence-electron chi connectivity index (χ3n) is 2.98. The fraction of sp³-hybridized carbons (Fsp3) is 0.0667. The van der Waals surface area contributed by atoms with E-state index in [0.29, 0.717) is 0 Å². The second-order valence-corrected chi connectivity index (χ2v) is 5.06. The molecule has 1 heterocycles. The first-order valence-corrected chi connectivity index (χ1v) is 6.48. The van der Waals surface area contributed by atoms with E-state index in [0.717, 1.165) is 27.0 Å². The molecule has 0 saturated heterocycles. The monoisotopic (exact) mass is 301 g/mol. The van der Waals surface area contributed by atoms with Gasteiger partial charge in [0.1, 0.15) is 5.75 Å². The van der Waals surface area contributed by atoms with Gasteiger partial charge in [0.25, 0.3) is 0 Å². The van der Waals surface area contributed by atoms with Crippen LogP contribution in [-0.2, 0) is 0 Å². The van der Waals surface area contributed by atoms with Gasteiger partial charge in [0, 0.05) is 21.1 Å². The summed E-state index contributed by atoms with van der Waals surface area (Å²) in [6, 6.07) is 16.4. The molecule has 3 rings (SSSR count). The van der Waals surface area contributed by atoms with Gasteiger partial charge in [0.2, 0.25) is 0 Å². The Labute approximate surface area is 114 Å². The zero-order chi connectivity index (χ0) is 12.5. The number of aromatic amines is 1. The number of rotatable bonds is 2. The third kappa shape index (κ3) is 2.02. The normalized spacial score (nSPS) is 10.8. The number of hydrogen-bond donors (Lipinski definition) is 1. The number of aromatic nitrogens is 1. The maximum atomic E-state index is 5.16. The molecule has 2 nitrogen and oxygen atoms in total. The summed E-state index contributed by atoms with van der Waals surface area (Å²) in [7, 11) is 1.68. The summed E-state index contributed by atoms with van der Waals surface area (Å²) in [6.07, 6.45) is 0. The Bertz CT molecular complexity index is 685. The van der Waals surface area contributed by atoms with Crippen molar-refractivity contribution >= 4 is 26.8 Å². The van der Waals surface area contributed by atoms with Crippen molar-refractivity contribution in [2.24, 2.45) is 0 Å². The minimum atomic E-state index is 0.873. The Morgan fingerprint density at radius 3 is 2.50 bits per heavy atom. The summed E-state index contributed by atoms with van der Waals surface area (Å²) in [5, 5.41) is 1.20. The van der Waals surface area contributed by atoms with Crippen LogP contribution in [0.25, 0.3) is 22.2 Å². The van der Waals surface area contributed by atoms with Gasteiger partial charge in [-0.05, 0) is 54.1 Å². The Morgan fingerprint density at radius 2 is 1.78 bits per heavy atom. The molecular weight excluding hydrogens is 290 g/mol. The molecule has 0 aliphatic rings. The van der Waals surface area contributed by atoms with Crippen LogP contribution >= 0.6 is 15.9 Å². The zero-order valence-electron chi connectivity index (χ0n) is 9.91. The fourth-order valence-corrected chi connectivity index (χ4v) is 2.41. The van der Waals surface area contributed by atoms with Crippen molar-refractivity contribution in [2.45, 2.75) is 0 Å². The van der Waals surface area contributed by atoms with Gasteiger partial charge >= 0.3 is 0 Å². The lowest BCUT2D eigenvalue weighted by Crippen LogP contribution is -1.82. The molecule has 0 fully saturated rings. The number of hydrogen-bond acceptors (Lipinski definition) is 1. The Balaban J connectivity index is 2.07. The predicted octanol–water partition coefficient (Wildman–Crippen LogP) is 4.61. The molecule has 0 aliphatic heterocycles. The lowest BCUT2D eigenvalue weighted by atomic mass is 10.1. The van der Waals surface area contributed by atoms with Gasteiger partial charge in [-0.3, -0.25) is 0 Å². The van der Waals surface area contributed by atoms with Gasteiger partial charge in [-0.2, -0.15) is 0 Å². The maximum Gasteiger partial charge on any atom is 0.118 e. The third-order valence-corrected chi connectivity index (χ3v) is 3.48. The zero-order valence-corrected chi connectivity index (χ0v) is 11.5. The van der Waals surface area contributed by atoms with E-state index >= 15 is 0 Å². The standard InChI is InChI=1S/C15H12BrNO/c1-18-13-5-2-10(3-6-13)15-9-11-8-12(16)4-7-14(11)17-15/h2-9,17H,1H3. The largest absolute Gasteiger partial charge is 0.497 e. The van der Waals surface area contributed by atoms with E-state index in [1.54, 1.807) is 7.11 Å². The van der Waals surface area contributed by atoms with E-state index < -0.39 is 0 Å². The second kappa shape index (κ2) is 4.50. The highest BCUT2D eigenvalue weighted by Crippen LogP contribution is 2.27. The summed E-state index contributed by atoms with van der Waals surface area (Å²) in [5.74, 6) is 0.873. The van der Waals surface area contributed by atoms with Crippen LogP contribution in [0, 0.1) is 0 Å². The quantitative estimate of drug-likeness (QED) is 0.735. The molecule has 0 atom stereocenters. The number of nitrogens with one attached hydrogen (secondary N) is 1. The molecule has 2 aromatic carbocycles. The minimum absolute atomic E-state index is 0.873. The molecule has 0 spiro atoms. The van der Waals surface area contributed by atoms with E-state index in [4.69, 9.17) is 4.74 Å². The number of ether oxygens (including phenoxy) is 1. The molecule has 3 heteroatoms. The van der Waals surface area contributed by atoms with Crippen LogP contribution in [0.2, 0.25) is 0 Å². The van der Waals surface area contributed by atoms with Crippen LogP contribution in [-0.4, -0.2) is 12.1 Å². The Kier molecular flexibility index (Phi) is 2.84. The lowest BCUT2D eigenvalue weighted by Gasteiger charge is -2.01. The van der Waals surface area contributed by atoms with Crippen molar-refractivity contribution in [3.05, 3.63) is 53.0 Å². The average molecular weight is 302 g/mol. The summed E-state index contributed by atoms with van der Waals surface area (Å²) in [6.45, 7) is 0. The molecule has 0 saturated carbocycles. The highest BCUT2D eigenvalue weighted by Gasteiger charge is 2.03. The molecule has 1 N–H and O–H groups in total. The Morgan fingerprint density at radius 1 is 1.00 bits per heavy atom. The number of benzene rings is 2. The van der Waals surface area contributed by atoms with E-state index in [1.807, 2.05) is 18.2 Å². The van der Waals surface area contributed by atoms with Crippen molar-refractivity contribution in [3.63, 3.8) is 0 Å². The predicted molar refractivity (Wildman–Crippen MR) is 78.0 cm³/mol. The summed E-state index contributed by atoms with van der Waals surface area (Å²) >= 11 is 3.49. The van der Waals surface area contributed by atoms with Crippen LogP contribution in [0.4, 0.5) is 0 Å². The van der Waals surface area contributed by atoms with Crippen molar-refractivity contribution in [1.29, 1.82) is 0 Å². The number of halogens is 1. The van der Waals surface area contributed by atoms with Crippen LogP contribution < -0.4 is 4.74 Å². The molecule has 0 radical (unpaired) electrons. The van der Waals surface area contributed by atoms with E-state index in [-0.39, 0.29) is 0 Å².